The van der Waals surface area contributed by atoms with Crippen LogP contribution in [0.3, 0.4) is 0 Å². The van der Waals surface area contributed by atoms with Gasteiger partial charge in [0.25, 0.3) is 0 Å². The van der Waals surface area contributed by atoms with Gasteiger partial charge in [0.2, 0.25) is 10.0 Å². The third-order valence-electron chi connectivity index (χ3n) is 3.85. The van der Waals surface area contributed by atoms with Crippen LogP contribution in [0.15, 0.2) is 16.7 Å². The summed E-state index contributed by atoms with van der Waals surface area (Å²) >= 11 is 3.19. The molecular formula is C13H17BrFN3O2S. The van der Waals surface area contributed by atoms with Crippen molar-refractivity contribution in [3.63, 3.8) is 0 Å². The SMILES string of the molecule is O=S(=O)(C1CC1)N1CCCN(c2ncc(Br)cc2F)CC1. The maximum absolute atomic E-state index is 14.0. The van der Waals surface area contributed by atoms with Crippen LogP contribution < -0.4 is 4.90 Å². The molecule has 3 rings (SSSR count). The summed E-state index contributed by atoms with van der Waals surface area (Å²) in [5.41, 5.74) is 0. The van der Waals surface area contributed by atoms with Gasteiger partial charge < -0.3 is 4.90 Å². The third kappa shape index (κ3) is 3.22. The number of sulfonamides is 1. The standard InChI is InChI=1S/C13H17BrFN3O2S/c14-10-8-12(15)13(16-9-10)17-4-1-5-18(7-6-17)21(19,20)11-2-3-11/h8-9,11H,1-7H2. The van der Waals surface area contributed by atoms with E-state index in [-0.39, 0.29) is 11.1 Å². The Bertz CT molecular complexity index is 636. The predicted octanol–water partition coefficient (Wildman–Crippen LogP) is 1.99. The molecule has 8 heteroatoms. The van der Waals surface area contributed by atoms with Crippen LogP contribution in [-0.4, -0.2) is 49.1 Å². The largest absolute Gasteiger partial charge is 0.353 e. The van der Waals surface area contributed by atoms with Gasteiger partial charge in [0.15, 0.2) is 11.6 Å². The van der Waals surface area contributed by atoms with E-state index in [4.69, 9.17) is 0 Å². The van der Waals surface area contributed by atoms with E-state index in [0.717, 1.165) is 12.8 Å². The Labute approximate surface area is 132 Å². The average Bonchev–Trinajstić information content (AvgIpc) is 3.26. The van der Waals surface area contributed by atoms with E-state index < -0.39 is 10.0 Å². The lowest BCUT2D eigenvalue weighted by Gasteiger charge is -2.23. The van der Waals surface area contributed by atoms with Crippen molar-refractivity contribution >= 4 is 31.8 Å². The summed E-state index contributed by atoms with van der Waals surface area (Å²) in [6.07, 6.45) is 3.78. The summed E-state index contributed by atoms with van der Waals surface area (Å²) in [6, 6.07) is 1.38. The van der Waals surface area contributed by atoms with Crippen LogP contribution >= 0.6 is 15.9 Å². The fourth-order valence-electron chi connectivity index (χ4n) is 2.58. The van der Waals surface area contributed by atoms with Crippen molar-refractivity contribution in [1.29, 1.82) is 0 Å². The van der Waals surface area contributed by atoms with Crippen LogP contribution in [0, 0.1) is 5.82 Å². The normalized spacial score (nSPS) is 21.3. The first kappa shape index (κ1) is 15.2. The third-order valence-corrected chi connectivity index (χ3v) is 6.68. The molecule has 0 unspecified atom stereocenters. The van der Waals surface area contributed by atoms with Gasteiger partial charge in [0, 0.05) is 36.8 Å². The van der Waals surface area contributed by atoms with Crippen LogP contribution in [0.25, 0.3) is 0 Å². The van der Waals surface area contributed by atoms with Crippen molar-refractivity contribution in [3.05, 3.63) is 22.6 Å². The maximum atomic E-state index is 14.0. The number of hydrogen-bond donors (Lipinski definition) is 0. The molecule has 1 aromatic rings. The predicted molar refractivity (Wildman–Crippen MR) is 82.2 cm³/mol. The molecule has 1 aliphatic heterocycles. The quantitative estimate of drug-likeness (QED) is 0.807. The smallest absolute Gasteiger partial charge is 0.217 e. The summed E-state index contributed by atoms with van der Waals surface area (Å²) in [4.78, 5) is 5.94. The summed E-state index contributed by atoms with van der Waals surface area (Å²) in [6.45, 7) is 1.99. The number of hydrogen-bond acceptors (Lipinski definition) is 4. The molecule has 5 nitrogen and oxygen atoms in total. The Morgan fingerprint density at radius 2 is 2.00 bits per heavy atom. The first-order valence-corrected chi connectivity index (χ1v) is 9.33. The Morgan fingerprint density at radius 1 is 1.24 bits per heavy atom. The number of anilines is 1. The van der Waals surface area contributed by atoms with Crippen molar-refractivity contribution in [1.82, 2.24) is 9.29 Å². The minimum absolute atomic E-state index is 0.188. The minimum atomic E-state index is -3.15. The van der Waals surface area contributed by atoms with Gasteiger partial charge >= 0.3 is 0 Å². The number of pyridine rings is 1. The van der Waals surface area contributed by atoms with Crippen molar-refractivity contribution in [2.24, 2.45) is 0 Å². The van der Waals surface area contributed by atoms with Crippen molar-refractivity contribution in [2.45, 2.75) is 24.5 Å². The monoisotopic (exact) mass is 377 g/mol. The Kier molecular flexibility index (Phi) is 4.20. The molecule has 21 heavy (non-hydrogen) atoms. The van der Waals surface area contributed by atoms with Gasteiger partial charge in [-0.05, 0) is 41.3 Å². The highest BCUT2D eigenvalue weighted by Crippen LogP contribution is 2.31. The minimum Gasteiger partial charge on any atom is -0.353 e. The molecule has 116 valence electrons. The molecule has 2 aliphatic rings. The fourth-order valence-corrected chi connectivity index (χ4v) is 4.75. The molecule has 1 aliphatic carbocycles. The molecule has 2 fully saturated rings. The zero-order chi connectivity index (χ0) is 15.0. The van der Waals surface area contributed by atoms with Gasteiger partial charge in [0.1, 0.15) is 0 Å². The fraction of sp³-hybridized carbons (Fsp3) is 0.615. The van der Waals surface area contributed by atoms with Gasteiger partial charge in [0.05, 0.1) is 5.25 Å². The van der Waals surface area contributed by atoms with E-state index in [9.17, 15) is 12.8 Å². The van der Waals surface area contributed by atoms with Crippen molar-refractivity contribution in [2.75, 3.05) is 31.1 Å². The van der Waals surface area contributed by atoms with Crippen molar-refractivity contribution in [3.8, 4) is 0 Å². The summed E-state index contributed by atoms with van der Waals surface area (Å²) in [7, 11) is -3.15. The lowest BCUT2D eigenvalue weighted by molar-refractivity contribution is 0.432. The molecule has 1 saturated heterocycles. The molecule has 0 amide bonds. The number of nitrogens with zero attached hydrogens (tertiary/aromatic N) is 3. The van der Waals surface area contributed by atoms with Crippen LogP contribution in [0.1, 0.15) is 19.3 Å². The Morgan fingerprint density at radius 3 is 2.67 bits per heavy atom. The lowest BCUT2D eigenvalue weighted by atomic mass is 10.3. The van der Waals surface area contributed by atoms with Crippen LogP contribution in [0.2, 0.25) is 0 Å². The zero-order valence-electron chi connectivity index (χ0n) is 11.5. The van der Waals surface area contributed by atoms with E-state index >= 15 is 0 Å². The second kappa shape index (κ2) is 5.81. The molecule has 0 N–H and O–H groups in total. The molecule has 0 atom stereocenters. The zero-order valence-corrected chi connectivity index (χ0v) is 13.9. The summed E-state index contributed by atoms with van der Waals surface area (Å²) < 4.78 is 40.7. The number of aromatic nitrogens is 1. The van der Waals surface area contributed by atoms with Crippen LogP contribution in [0.4, 0.5) is 10.2 Å². The molecular weight excluding hydrogens is 361 g/mol. The molecule has 1 saturated carbocycles. The second-order valence-corrected chi connectivity index (χ2v) is 8.57. The molecule has 0 radical (unpaired) electrons. The highest BCUT2D eigenvalue weighted by molar-refractivity contribution is 9.10. The van der Waals surface area contributed by atoms with Crippen molar-refractivity contribution < 1.29 is 12.8 Å². The first-order valence-electron chi connectivity index (χ1n) is 7.03. The summed E-state index contributed by atoms with van der Waals surface area (Å²) in [5, 5.41) is -0.188. The molecule has 1 aromatic heterocycles. The van der Waals surface area contributed by atoms with E-state index in [2.05, 4.69) is 20.9 Å². The van der Waals surface area contributed by atoms with Gasteiger partial charge in [-0.25, -0.2) is 17.8 Å². The molecule has 0 aromatic carbocycles. The average molecular weight is 378 g/mol. The first-order chi connectivity index (χ1) is 9.98. The highest BCUT2D eigenvalue weighted by Gasteiger charge is 2.40. The van der Waals surface area contributed by atoms with Gasteiger partial charge in [-0.2, -0.15) is 4.31 Å². The highest BCUT2D eigenvalue weighted by atomic mass is 79.9. The number of halogens is 2. The van der Waals surface area contributed by atoms with Crippen LogP contribution in [0.5, 0.6) is 0 Å². The Balaban J connectivity index is 1.73. The Hall–Kier alpha value is -0.730. The van der Waals surface area contributed by atoms with E-state index in [1.165, 1.54) is 6.07 Å². The maximum Gasteiger partial charge on any atom is 0.217 e. The van der Waals surface area contributed by atoms with Gasteiger partial charge in [-0.15, -0.1) is 0 Å². The van der Waals surface area contributed by atoms with E-state index in [1.54, 1.807) is 10.5 Å². The molecule has 0 bridgehead atoms. The number of rotatable bonds is 3. The summed E-state index contributed by atoms with van der Waals surface area (Å²) in [5.74, 6) is -0.0910. The molecule has 0 spiro atoms. The van der Waals surface area contributed by atoms with E-state index in [1.807, 2.05) is 4.90 Å². The van der Waals surface area contributed by atoms with E-state index in [0.29, 0.717) is 42.9 Å². The topological polar surface area (TPSA) is 53.5 Å². The van der Waals surface area contributed by atoms with Gasteiger partial charge in [-0.3, -0.25) is 0 Å². The molecule has 2 heterocycles. The van der Waals surface area contributed by atoms with Gasteiger partial charge in [-0.1, -0.05) is 0 Å². The van der Waals surface area contributed by atoms with Crippen LogP contribution in [-0.2, 0) is 10.0 Å². The lowest BCUT2D eigenvalue weighted by Crippen LogP contribution is -2.37. The second-order valence-electron chi connectivity index (χ2n) is 5.44.